The Bertz CT molecular complexity index is 1090. The molecule has 0 aliphatic heterocycles. The normalized spacial score (nSPS) is 10.3. The molecule has 4 rings (SSSR count). The van der Waals surface area contributed by atoms with Crippen molar-refractivity contribution in [2.24, 2.45) is 0 Å². The van der Waals surface area contributed by atoms with Crippen LogP contribution < -0.4 is 4.90 Å². The molecule has 2 nitrogen and oxygen atoms in total. The third-order valence-corrected chi connectivity index (χ3v) is 5.08. The average Bonchev–Trinajstić information content (AvgIpc) is 2.77. The molecule has 0 aliphatic rings. The first-order chi connectivity index (χ1) is 13.7. The van der Waals surface area contributed by atoms with E-state index in [0.29, 0.717) is 5.69 Å². The largest absolute Gasteiger partial charge is 0.311 e. The zero-order valence-electron chi connectivity index (χ0n) is 15.1. The molecule has 0 amide bonds. The lowest BCUT2D eigenvalue weighted by Gasteiger charge is -2.26. The lowest BCUT2D eigenvalue weighted by Crippen LogP contribution is -2.09. The van der Waals surface area contributed by atoms with Crippen molar-refractivity contribution < 1.29 is 0 Å². The monoisotopic (exact) mass is 424 g/mol. The Kier molecular flexibility index (Phi) is 5.23. The fourth-order valence-electron chi connectivity index (χ4n) is 3.15. The minimum Gasteiger partial charge on any atom is -0.311 e. The first-order valence-electron chi connectivity index (χ1n) is 8.93. The summed E-state index contributed by atoms with van der Waals surface area (Å²) in [6.45, 7) is 7.18. The summed E-state index contributed by atoms with van der Waals surface area (Å²) in [5, 5.41) is 0. The van der Waals surface area contributed by atoms with Crippen LogP contribution in [0.25, 0.3) is 16.0 Å². The van der Waals surface area contributed by atoms with Gasteiger partial charge in [0, 0.05) is 21.5 Å². The van der Waals surface area contributed by atoms with Gasteiger partial charge in [-0.05, 0) is 59.7 Å². The van der Waals surface area contributed by atoms with Gasteiger partial charge >= 0.3 is 0 Å². The second-order valence-electron chi connectivity index (χ2n) is 6.35. The van der Waals surface area contributed by atoms with Crippen molar-refractivity contribution in [1.82, 2.24) is 0 Å². The molecule has 28 heavy (non-hydrogen) atoms. The van der Waals surface area contributed by atoms with Crippen LogP contribution in [0.4, 0.5) is 22.7 Å². The fraction of sp³-hybridized carbons (Fsp3) is 0. The van der Waals surface area contributed by atoms with Crippen molar-refractivity contribution in [3.8, 4) is 11.1 Å². The van der Waals surface area contributed by atoms with Gasteiger partial charge in [-0.1, -0.05) is 70.5 Å². The maximum absolute atomic E-state index is 7.18. The maximum Gasteiger partial charge on any atom is 0.187 e. The second kappa shape index (κ2) is 8.12. The Labute approximate surface area is 173 Å². The summed E-state index contributed by atoms with van der Waals surface area (Å²) in [6.07, 6.45) is 0. The SMILES string of the molecule is [C-]#[N+]c1ccc(N(c2ccc(Br)cc2)c2ccc(-c3ccccc3)cc2)cc1. The van der Waals surface area contributed by atoms with Gasteiger partial charge in [0.1, 0.15) is 0 Å². The van der Waals surface area contributed by atoms with E-state index in [-0.39, 0.29) is 0 Å². The molecule has 4 aromatic rings. The topological polar surface area (TPSA) is 7.60 Å². The Balaban J connectivity index is 1.76. The van der Waals surface area contributed by atoms with Crippen LogP contribution in [0.1, 0.15) is 0 Å². The molecule has 0 spiro atoms. The highest BCUT2D eigenvalue weighted by Gasteiger charge is 2.12. The predicted octanol–water partition coefficient (Wildman–Crippen LogP) is 8.14. The molecule has 134 valence electrons. The number of anilines is 3. The molecule has 0 saturated heterocycles. The van der Waals surface area contributed by atoms with Gasteiger partial charge in [0.05, 0.1) is 6.57 Å². The average molecular weight is 425 g/mol. The number of hydrogen-bond acceptors (Lipinski definition) is 1. The number of hydrogen-bond donors (Lipinski definition) is 0. The molecule has 0 radical (unpaired) electrons. The number of rotatable bonds is 4. The highest BCUT2D eigenvalue weighted by Crippen LogP contribution is 2.36. The van der Waals surface area contributed by atoms with Crippen molar-refractivity contribution in [2.75, 3.05) is 4.90 Å². The van der Waals surface area contributed by atoms with Gasteiger partial charge in [-0.3, -0.25) is 0 Å². The summed E-state index contributed by atoms with van der Waals surface area (Å²) in [5.41, 5.74) is 6.17. The molecule has 0 atom stereocenters. The van der Waals surface area contributed by atoms with Gasteiger partial charge in [0.25, 0.3) is 0 Å². The quantitative estimate of drug-likeness (QED) is 0.300. The van der Waals surface area contributed by atoms with Crippen LogP contribution in [-0.2, 0) is 0 Å². The Morgan fingerprint density at radius 3 is 1.57 bits per heavy atom. The van der Waals surface area contributed by atoms with Gasteiger partial charge in [-0.15, -0.1) is 0 Å². The molecule has 0 aliphatic carbocycles. The summed E-state index contributed by atoms with van der Waals surface area (Å²) in [6, 6.07) is 34.8. The van der Waals surface area contributed by atoms with E-state index < -0.39 is 0 Å². The van der Waals surface area contributed by atoms with Gasteiger partial charge in [-0.25, -0.2) is 4.85 Å². The van der Waals surface area contributed by atoms with Crippen LogP contribution in [0.5, 0.6) is 0 Å². The summed E-state index contributed by atoms with van der Waals surface area (Å²) >= 11 is 3.51. The van der Waals surface area contributed by atoms with E-state index in [2.05, 4.69) is 86.3 Å². The van der Waals surface area contributed by atoms with E-state index >= 15 is 0 Å². The first-order valence-corrected chi connectivity index (χ1v) is 9.72. The van der Waals surface area contributed by atoms with Crippen molar-refractivity contribution in [1.29, 1.82) is 0 Å². The molecule has 0 unspecified atom stereocenters. The third-order valence-electron chi connectivity index (χ3n) is 4.55. The zero-order chi connectivity index (χ0) is 19.3. The van der Waals surface area contributed by atoms with E-state index in [1.165, 1.54) is 11.1 Å². The first kappa shape index (κ1) is 18.0. The van der Waals surface area contributed by atoms with Crippen molar-refractivity contribution in [3.63, 3.8) is 0 Å². The lowest BCUT2D eigenvalue weighted by molar-refractivity contribution is 1.28. The minimum absolute atomic E-state index is 0.638. The van der Waals surface area contributed by atoms with Gasteiger partial charge in [-0.2, -0.15) is 0 Å². The van der Waals surface area contributed by atoms with Crippen LogP contribution in [0, 0.1) is 6.57 Å². The van der Waals surface area contributed by atoms with Gasteiger partial charge in [0.15, 0.2) is 5.69 Å². The summed E-state index contributed by atoms with van der Waals surface area (Å²) in [5.74, 6) is 0. The van der Waals surface area contributed by atoms with Gasteiger partial charge < -0.3 is 4.90 Å². The van der Waals surface area contributed by atoms with Gasteiger partial charge in [0.2, 0.25) is 0 Å². The predicted molar refractivity (Wildman–Crippen MR) is 121 cm³/mol. The van der Waals surface area contributed by atoms with E-state index in [9.17, 15) is 0 Å². The minimum atomic E-state index is 0.638. The summed E-state index contributed by atoms with van der Waals surface area (Å²) < 4.78 is 1.04. The van der Waals surface area contributed by atoms with Crippen LogP contribution in [-0.4, -0.2) is 0 Å². The highest BCUT2D eigenvalue weighted by atomic mass is 79.9. The molecule has 0 bridgehead atoms. The Morgan fingerprint density at radius 1 is 0.571 bits per heavy atom. The smallest absolute Gasteiger partial charge is 0.187 e. The van der Waals surface area contributed by atoms with Crippen molar-refractivity contribution in [2.45, 2.75) is 0 Å². The maximum atomic E-state index is 7.18. The van der Waals surface area contributed by atoms with E-state index in [1.807, 2.05) is 42.5 Å². The molecular formula is C25H17BrN2. The number of halogens is 1. The Morgan fingerprint density at radius 2 is 1.04 bits per heavy atom. The van der Waals surface area contributed by atoms with Crippen LogP contribution in [0.15, 0.2) is 108 Å². The van der Waals surface area contributed by atoms with Crippen molar-refractivity contribution >= 4 is 38.7 Å². The molecule has 0 fully saturated rings. The molecule has 4 aromatic carbocycles. The third kappa shape index (κ3) is 3.83. The van der Waals surface area contributed by atoms with Crippen LogP contribution in [0.3, 0.4) is 0 Å². The fourth-order valence-corrected chi connectivity index (χ4v) is 3.41. The standard InChI is InChI=1S/C25H17BrN2/c1-27-22-11-17-25(18-12-22)28(24-15-9-21(26)10-16-24)23-13-7-20(8-14-23)19-5-3-2-4-6-19/h2-18H. The molecule has 0 saturated carbocycles. The van der Waals surface area contributed by atoms with Crippen molar-refractivity contribution in [3.05, 3.63) is 119 Å². The van der Waals surface area contributed by atoms with E-state index in [0.717, 1.165) is 21.5 Å². The van der Waals surface area contributed by atoms with Crippen LogP contribution in [0.2, 0.25) is 0 Å². The zero-order valence-corrected chi connectivity index (χ0v) is 16.7. The van der Waals surface area contributed by atoms with E-state index in [1.54, 1.807) is 0 Å². The number of benzene rings is 4. The molecule has 3 heteroatoms. The second-order valence-corrected chi connectivity index (χ2v) is 7.27. The van der Waals surface area contributed by atoms with Crippen LogP contribution >= 0.6 is 15.9 Å². The number of nitrogens with zero attached hydrogens (tertiary/aromatic N) is 2. The molecule has 0 heterocycles. The summed E-state index contributed by atoms with van der Waals surface area (Å²) in [7, 11) is 0. The highest BCUT2D eigenvalue weighted by molar-refractivity contribution is 9.10. The molecule has 0 N–H and O–H groups in total. The van der Waals surface area contributed by atoms with E-state index in [4.69, 9.17) is 6.57 Å². The Hall–Kier alpha value is -3.35. The lowest BCUT2D eigenvalue weighted by atomic mass is 10.0. The molecular weight excluding hydrogens is 408 g/mol. The summed E-state index contributed by atoms with van der Waals surface area (Å²) in [4.78, 5) is 5.69. The molecule has 0 aromatic heterocycles.